The van der Waals surface area contributed by atoms with Crippen LogP contribution in [0.5, 0.6) is 0 Å². The molecule has 1 aromatic rings. The molecule has 2 saturated heterocycles. The molecule has 0 radical (unpaired) electrons. The molecule has 2 heterocycles. The first-order valence-corrected chi connectivity index (χ1v) is 9.49. The van der Waals surface area contributed by atoms with Gasteiger partial charge in [0.25, 0.3) is 0 Å². The maximum atomic E-state index is 12.4. The zero-order valence-electron chi connectivity index (χ0n) is 14.0. The third-order valence-electron chi connectivity index (χ3n) is 5.05. The normalized spacial score (nSPS) is 20.4. The molecular weight excluding hydrogens is 390 g/mol. The van der Waals surface area contributed by atoms with Crippen LogP contribution in [-0.2, 0) is 4.79 Å². The Kier molecular flexibility index (Phi) is 8.01. The van der Waals surface area contributed by atoms with Crippen LogP contribution in [0.4, 0.5) is 5.69 Å². The molecule has 134 valence electrons. The van der Waals surface area contributed by atoms with Gasteiger partial charge in [-0.25, -0.2) is 0 Å². The lowest BCUT2D eigenvalue weighted by Gasteiger charge is -2.35. The summed E-state index contributed by atoms with van der Waals surface area (Å²) >= 11 is 3.41. The number of rotatable bonds is 4. The van der Waals surface area contributed by atoms with Crippen molar-refractivity contribution in [1.82, 2.24) is 10.2 Å². The number of hydrogen-bond acceptors (Lipinski definition) is 3. The molecule has 6 heteroatoms. The molecule has 1 amide bonds. The Hall–Kier alpha value is -0.620. The number of carbonyl (C=O) groups is 1. The van der Waals surface area contributed by atoms with E-state index in [1.807, 2.05) is 24.3 Å². The highest BCUT2D eigenvalue weighted by Gasteiger charge is 2.26. The van der Waals surface area contributed by atoms with Gasteiger partial charge >= 0.3 is 0 Å². The van der Waals surface area contributed by atoms with Crippen LogP contribution in [0.15, 0.2) is 28.7 Å². The van der Waals surface area contributed by atoms with Gasteiger partial charge in [-0.2, -0.15) is 0 Å². The molecule has 2 fully saturated rings. The van der Waals surface area contributed by atoms with E-state index in [4.69, 9.17) is 0 Å². The van der Waals surface area contributed by atoms with Gasteiger partial charge in [0, 0.05) is 22.6 Å². The van der Waals surface area contributed by atoms with Crippen LogP contribution in [0.25, 0.3) is 0 Å². The molecule has 0 saturated carbocycles. The number of nitrogens with one attached hydrogen (secondary N) is 2. The Labute approximate surface area is 159 Å². The summed E-state index contributed by atoms with van der Waals surface area (Å²) < 4.78 is 1.03. The van der Waals surface area contributed by atoms with Gasteiger partial charge in [-0.3, -0.25) is 4.79 Å². The highest BCUT2D eigenvalue weighted by molar-refractivity contribution is 9.10. The first kappa shape index (κ1) is 19.7. The van der Waals surface area contributed by atoms with Gasteiger partial charge in [0.1, 0.15) is 0 Å². The smallest absolute Gasteiger partial charge is 0.227 e. The molecule has 0 unspecified atom stereocenters. The lowest BCUT2D eigenvalue weighted by molar-refractivity contribution is -0.121. The van der Waals surface area contributed by atoms with Crippen LogP contribution in [0.1, 0.15) is 25.7 Å². The average Bonchev–Trinajstić information content (AvgIpc) is 2.58. The molecule has 0 aliphatic carbocycles. The predicted octanol–water partition coefficient (Wildman–Crippen LogP) is 3.52. The Balaban J connectivity index is 0.00000208. The number of halogens is 2. The monoisotopic (exact) mass is 415 g/mol. The molecule has 1 aromatic carbocycles. The SMILES string of the molecule is Cl.O=C(Nc1ccc(Br)cc1)C1CCN(CC2CCNCC2)CC1. The summed E-state index contributed by atoms with van der Waals surface area (Å²) in [6, 6.07) is 7.79. The number of amides is 1. The Morgan fingerprint density at radius 3 is 2.38 bits per heavy atom. The van der Waals surface area contributed by atoms with E-state index in [2.05, 4.69) is 31.5 Å². The van der Waals surface area contributed by atoms with Gasteiger partial charge < -0.3 is 15.5 Å². The summed E-state index contributed by atoms with van der Waals surface area (Å²) in [5.74, 6) is 1.17. The Morgan fingerprint density at radius 2 is 1.75 bits per heavy atom. The molecule has 24 heavy (non-hydrogen) atoms. The highest BCUT2D eigenvalue weighted by atomic mass is 79.9. The minimum absolute atomic E-state index is 0. The van der Waals surface area contributed by atoms with E-state index in [0.717, 1.165) is 55.1 Å². The first-order valence-electron chi connectivity index (χ1n) is 8.70. The Bertz CT molecular complexity index is 512. The quantitative estimate of drug-likeness (QED) is 0.789. The van der Waals surface area contributed by atoms with E-state index >= 15 is 0 Å². The Morgan fingerprint density at radius 1 is 1.12 bits per heavy atom. The highest BCUT2D eigenvalue weighted by Crippen LogP contribution is 2.22. The third kappa shape index (κ3) is 5.73. The number of carbonyl (C=O) groups excluding carboxylic acids is 1. The fraction of sp³-hybridized carbons (Fsp3) is 0.611. The predicted molar refractivity (Wildman–Crippen MR) is 105 cm³/mol. The summed E-state index contributed by atoms with van der Waals surface area (Å²) in [5, 5.41) is 6.47. The van der Waals surface area contributed by atoms with Gasteiger partial charge in [-0.05, 0) is 82.0 Å². The van der Waals surface area contributed by atoms with Crippen molar-refractivity contribution in [2.24, 2.45) is 11.8 Å². The van der Waals surface area contributed by atoms with Crippen molar-refractivity contribution in [2.75, 3.05) is 38.0 Å². The molecule has 2 aliphatic rings. The second kappa shape index (κ2) is 9.76. The van der Waals surface area contributed by atoms with E-state index < -0.39 is 0 Å². The zero-order chi connectivity index (χ0) is 16.1. The number of benzene rings is 1. The fourth-order valence-corrected chi connectivity index (χ4v) is 3.85. The van der Waals surface area contributed by atoms with E-state index in [9.17, 15) is 4.79 Å². The van der Waals surface area contributed by atoms with Crippen LogP contribution in [0.2, 0.25) is 0 Å². The third-order valence-corrected chi connectivity index (χ3v) is 5.57. The van der Waals surface area contributed by atoms with Crippen molar-refractivity contribution in [3.05, 3.63) is 28.7 Å². The summed E-state index contributed by atoms with van der Waals surface area (Å²) in [7, 11) is 0. The molecule has 0 spiro atoms. The molecule has 0 aromatic heterocycles. The number of hydrogen-bond donors (Lipinski definition) is 2. The van der Waals surface area contributed by atoms with E-state index in [0.29, 0.717) is 0 Å². The van der Waals surface area contributed by atoms with E-state index in [1.165, 1.54) is 19.4 Å². The van der Waals surface area contributed by atoms with Crippen molar-refractivity contribution >= 4 is 39.9 Å². The van der Waals surface area contributed by atoms with Crippen LogP contribution in [-0.4, -0.2) is 43.5 Å². The maximum absolute atomic E-state index is 12.4. The minimum atomic E-state index is 0. The minimum Gasteiger partial charge on any atom is -0.326 e. The maximum Gasteiger partial charge on any atom is 0.227 e. The van der Waals surface area contributed by atoms with Crippen molar-refractivity contribution < 1.29 is 4.79 Å². The number of nitrogens with zero attached hydrogens (tertiary/aromatic N) is 1. The molecular formula is C18H27BrClN3O. The molecule has 2 aliphatic heterocycles. The number of likely N-dealkylation sites (tertiary alicyclic amines) is 1. The van der Waals surface area contributed by atoms with Crippen LogP contribution in [0, 0.1) is 11.8 Å². The first-order chi connectivity index (χ1) is 11.2. The average molecular weight is 417 g/mol. The molecule has 4 nitrogen and oxygen atoms in total. The summed E-state index contributed by atoms with van der Waals surface area (Å²) in [6.07, 6.45) is 4.55. The molecule has 2 N–H and O–H groups in total. The second-order valence-electron chi connectivity index (χ2n) is 6.76. The second-order valence-corrected chi connectivity index (χ2v) is 7.68. The van der Waals surface area contributed by atoms with E-state index in [-0.39, 0.29) is 24.2 Å². The summed E-state index contributed by atoms with van der Waals surface area (Å²) in [5.41, 5.74) is 0.885. The standard InChI is InChI=1S/C18H26BrN3O.ClH/c19-16-1-3-17(4-2-16)21-18(23)15-7-11-22(12-8-15)13-14-5-9-20-10-6-14;/h1-4,14-15,20H,5-13H2,(H,21,23);1H. The van der Waals surface area contributed by atoms with E-state index in [1.54, 1.807) is 0 Å². The number of piperidine rings is 2. The topological polar surface area (TPSA) is 44.4 Å². The van der Waals surface area contributed by atoms with Gasteiger partial charge in [0.15, 0.2) is 0 Å². The van der Waals surface area contributed by atoms with Crippen molar-refractivity contribution in [3.63, 3.8) is 0 Å². The molecule has 0 bridgehead atoms. The van der Waals surface area contributed by atoms with Crippen molar-refractivity contribution in [2.45, 2.75) is 25.7 Å². The largest absolute Gasteiger partial charge is 0.326 e. The lowest BCUT2D eigenvalue weighted by atomic mass is 9.93. The number of anilines is 1. The van der Waals surface area contributed by atoms with Gasteiger partial charge in [-0.15, -0.1) is 12.4 Å². The van der Waals surface area contributed by atoms with Crippen LogP contribution in [0.3, 0.4) is 0 Å². The van der Waals surface area contributed by atoms with Crippen LogP contribution >= 0.6 is 28.3 Å². The molecule has 0 atom stereocenters. The van der Waals surface area contributed by atoms with Gasteiger partial charge in [0.2, 0.25) is 5.91 Å². The van der Waals surface area contributed by atoms with Crippen molar-refractivity contribution in [1.29, 1.82) is 0 Å². The van der Waals surface area contributed by atoms with Gasteiger partial charge in [-0.1, -0.05) is 15.9 Å². The van der Waals surface area contributed by atoms with Crippen molar-refractivity contribution in [3.8, 4) is 0 Å². The summed E-state index contributed by atoms with van der Waals surface area (Å²) in [6.45, 7) is 5.65. The fourth-order valence-electron chi connectivity index (χ4n) is 3.58. The summed E-state index contributed by atoms with van der Waals surface area (Å²) in [4.78, 5) is 15.0. The lowest BCUT2D eigenvalue weighted by Crippen LogP contribution is -2.42. The van der Waals surface area contributed by atoms with Gasteiger partial charge in [0.05, 0.1) is 0 Å². The van der Waals surface area contributed by atoms with Crippen LogP contribution < -0.4 is 10.6 Å². The zero-order valence-corrected chi connectivity index (χ0v) is 16.4. The molecule has 3 rings (SSSR count).